The molecule has 2 aromatic rings. The first kappa shape index (κ1) is 20.2. The van der Waals surface area contributed by atoms with E-state index >= 15 is 0 Å². The van der Waals surface area contributed by atoms with E-state index in [2.05, 4.69) is 17.1 Å². The van der Waals surface area contributed by atoms with Gasteiger partial charge in [-0.3, -0.25) is 9.59 Å². The Hall–Kier alpha value is -2.53. The molecule has 1 aliphatic heterocycles. The Balaban J connectivity index is 1.52. The molecule has 0 bridgehead atoms. The van der Waals surface area contributed by atoms with Crippen molar-refractivity contribution in [3.05, 3.63) is 59.1 Å². The molecule has 3 rings (SSSR count). The summed E-state index contributed by atoms with van der Waals surface area (Å²) >= 11 is 5.90. The highest BCUT2D eigenvalue weighted by molar-refractivity contribution is 6.30. The molecule has 148 valence electrons. The number of carbonyl (C=O) groups is 2. The zero-order valence-electron chi connectivity index (χ0n) is 16.2. The highest BCUT2D eigenvalue weighted by Gasteiger charge is 2.22. The second kappa shape index (κ2) is 9.60. The minimum absolute atomic E-state index is 0.0430. The average molecular weight is 400 g/mol. The summed E-state index contributed by atoms with van der Waals surface area (Å²) in [5.41, 5.74) is 2.59. The molecule has 1 heterocycles. The third-order valence-electron chi connectivity index (χ3n) is 4.93. The standard InChI is InChI=1S/C22H26ClN3O2/c1-2-3-4-21(27)24-19-9-11-20(12-10-19)25-13-15-26(16-14-25)22(28)17-5-7-18(23)8-6-17/h5-12H,2-4,13-16H2,1H3,(H,24,27). The molecule has 0 atom stereocenters. The monoisotopic (exact) mass is 399 g/mol. The summed E-state index contributed by atoms with van der Waals surface area (Å²) < 4.78 is 0. The molecule has 1 saturated heterocycles. The molecule has 1 N–H and O–H groups in total. The molecule has 0 saturated carbocycles. The number of carbonyl (C=O) groups excluding carboxylic acids is 2. The van der Waals surface area contributed by atoms with E-state index in [0.29, 0.717) is 30.1 Å². The summed E-state index contributed by atoms with van der Waals surface area (Å²) in [5.74, 6) is 0.102. The average Bonchev–Trinajstić information content (AvgIpc) is 2.73. The Labute approximate surface area is 171 Å². The Morgan fingerprint density at radius 3 is 2.21 bits per heavy atom. The van der Waals surface area contributed by atoms with Gasteiger partial charge in [-0.15, -0.1) is 0 Å². The van der Waals surface area contributed by atoms with Gasteiger partial charge in [-0.05, 0) is 55.0 Å². The van der Waals surface area contributed by atoms with Gasteiger partial charge in [0.25, 0.3) is 5.91 Å². The van der Waals surface area contributed by atoms with E-state index in [0.717, 1.165) is 37.3 Å². The first-order valence-corrected chi connectivity index (χ1v) is 10.1. The first-order valence-electron chi connectivity index (χ1n) is 9.76. The number of hydrogen-bond acceptors (Lipinski definition) is 3. The summed E-state index contributed by atoms with van der Waals surface area (Å²) in [6.07, 6.45) is 2.48. The third kappa shape index (κ3) is 5.26. The second-order valence-corrected chi connectivity index (χ2v) is 7.42. The SMILES string of the molecule is CCCCC(=O)Nc1ccc(N2CCN(C(=O)c3ccc(Cl)cc3)CC2)cc1. The predicted octanol–water partition coefficient (Wildman–Crippen LogP) is 4.43. The number of nitrogens with one attached hydrogen (secondary N) is 1. The Bertz CT molecular complexity index is 798. The van der Waals surface area contributed by atoms with E-state index in [4.69, 9.17) is 11.6 Å². The van der Waals surface area contributed by atoms with Crippen LogP contribution in [0.1, 0.15) is 36.5 Å². The van der Waals surface area contributed by atoms with Gasteiger partial charge in [0.2, 0.25) is 5.91 Å². The second-order valence-electron chi connectivity index (χ2n) is 6.98. The van der Waals surface area contributed by atoms with Crippen LogP contribution in [-0.2, 0) is 4.79 Å². The van der Waals surface area contributed by atoms with Crippen molar-refractivity contribution in [3.8, 4) is 0 Å². The molecule has 0 spiro atoms. The number of hydrogen-bond donors (Lipinski definition) is 1. The van der Waals surface area contributed by atoms with E-state index in [9.17, 15) is 9.59 Å². The first-order chi connectivity index (χ1) is 13.6. The van der Waals surface area contributed by atoms with E-state index < -0.39 is 0 Å². The van der Waals surface area contributed by atoms with E-state index in [1.807, 2.05) is 29.2 Å². The highest BCUT2D eigenvalue weighted by atomic mass is 35.5. The van der Waals surface area contributed by atoms with Crippen molar-refractivity contribution in [2.45, 2.75) is 26.2 Å². The van der Waals surface area contributed by atoms with Crippen molar-refractivity contribution >= 4 is 34.8 Å². The molecule has 0 unspecified atom stereocenters. The Morgan fingerprint density at radius 1 is 0.964 bits per heavy atom. The maximum atomic E-state index is 12.6. The molecular weight excluding hydrogens is 374 g/mol. The van der Waals surface area contributed by atoms with Crippen molar-refractivity contribution in [2.24, 2.45) is 0 Å². The molecule has 0 aromatic heterocycles. The third-order valence-corrected chi connectivity index (χ3v) is 5.18. The maximum Gasteiger partial charge on any atom is 0.253 e. The molecular formula is C22H26ClN3O2. The molecule has 0 radical (unpaired) electrons. The van der Waals surface area contributed by atoms with Gasteiger partial charge in [0.15, 0.2) is 0 Å². The molecule has 2 aromatic carbocycles. The highest BCUT2D eigenvalue weighted by Crippen LogP contribution is 2.21. The van der Waals surface area contributed by atoms with Crippen LogP contribution in [0.5, 0.6) is 0 Å². The van der Waals surface area contributed by atoms with Crippen molar-refractivity contribution < 1.29 is 9.59 Å². The van der Waals surface area contributed by atoms with Gasteiger partial charge in [0.05, 0.1) is 0 Å². The number of anilines is 2. The zero-order valence-corrected chi connectivity index (χ0v) is 16.9. The number of halogens is 1. The van der Waals surface area contributed by atoms with Crippen LogP contribution in [-0.4, -0.2) is 42.9 Å². The lowest BCUT2D eigenvalue weighted by atomic mass is 10.1. The maximum absolute atomic E-state index is 12.6. The van der Waals surface area contributed by atoms with Crippen molar-refractivity contribution in [1.29, 1.82) is 0 Å². The van der Waals surface area contributed by atoms with Crippen LogP contribution in [0.2, 0.25) is 5.02 Å². The van der Waals surface area contributed by atoms with Crippen LogP contribution >= 0.6 is 11.6 Å². The molecule has 0 aliphatic carbocycles. The quantitative estimate of drug-likeness (QED) is 0.781. The largest absolute Gasteiger partial charge is 0.368 e. The van der Waals surface area contributed by atoms with Crippen molar-refractivity contribution in [1.82, 2.24) is 4.90 Å². The summed E-state index contributed by atoms with van der Waals surface area (Å²) in [6.45, 7) is 4.99. The number of rotatable bonds is 6. The fraction of sp³-hybridized carbons (Fsp3) is 0.364. The summed E-state index contributed by atoms with van der Waals surface area (Å²) in [5, 5.41) is 3.56. The Kier molecular flexibility index (Phi) is 6.93. The van der Waals surface area contributed by atoms with Crippen LogP contribution in [0.3, 0.4) is 0 Å². The van der Waals surface area contributed by atoms with Crippen molar-refractivity contribution in [2.75, 3.05) is 36.4 Å². The zero-order chi connectivity index (χ0) is 19.9. The summed E-state index contributed by atoms with van der Waals surface area (Å²) in [4.78, 5) is 28.6. The van der Waals surface area contributed by atoms with E-state index in [-0.39, 0.29) is 11.8 Å². The molecule has 6 heteroatoms. The van der Waals surface area contributed by atoms with E-state index in [1.54, 1.807) is 24.3 Å². The van der Waals surface area contributed by atoms with Gasteiger partial charge < -0.3 is 15.1 Å². The number of amides is 2. The molecule has 1 fully saturated rings. The van der Waals surface area contributed by atoms with Crippen LogP contribution in [0.25, 0.3) is 0 Å². The molecule has 2 amide bonds. The van der Waals surface area contributed by atoms with Crippen LogP contribution < -0.4 is 10.2 Å². The fourth-order valence-electron chi connectivity index (χ4n) is 3.26. The summed E-state index contributed by atoms with van der Waals surface area (Å²) in [6, 6.07) is 14.9. The smallest absolute Gasteiger partial charge is 0.253 e. The lowest BCUT2D eigenvalue weighted by molar-refractivity contribution is -0.116. The van der Waals surface area contributed by atoms with Crippen LogP contribution in [0, 0.1) is 0 Å². The topological polar surface area (TPSA) is 52.7 Å². The number of nitrogens with zero attached hydrogens (tertiary/aromatic N) is 2. The fourth-order valence-corrected chi connectivity index (χ4v) is 3.39. The lowest BCUT2D eigenvalue weighted by Crippen LogP contribution is -2.48. The minimum atomic E-state index is 0.0430. The lowest BCUT2D eigenvalue weighted by Gasteiger charge is -2.36. The Morgan fingerprint density at radius 2 is 1.61 bits per heavy atom. The molecule has 5 nitrogen and oxygen atoms in total. The predicted molar refractivity (Wildman–Crippen MR) is 114 cm³/mol. The van der Waals surface area contributed by atoms with E-state index in [1.165, 1.54) is 0 Å². The van der Waals surface area contributed by atoms with Crippen molar-refractivity contribution in [3.63, 3.8) is 0 Å². The minimum Gasteiger partial charge on any atom is -0.368 e. The van der Waals surface area contributed by atoms with Gasteiger partial charge >= 0.3 is 0 Å². The van der Waals surface area contributed by atoms with Gasteiger partial charge in [-0.25, -0.2) is 0 Å². The van der Waals surface area contributed by atoms with Crippen LogP contribution in [0.4, 0.5) is 11.4 Å². The van der Waals surface area contributed by atoms with Crippen LogP contribution in [0.15, 0.2) is 48.5 Å². The van der Waals surface area contributed by atoms with Gasteiger partial charge in [-0.1, -0.05) is 24.9 Å². The molecule has 28 heavy (non-hydrogen) atoms. The normalized spacial score (nSPS) is 14.1. The van der Waals surface area contributed by atoms with Gasteiger partial charge in [-0.2, -0.15) is 0 Å². The van der Waals surface area contributed by atoms with Gasteiger partial charge in [0.1, 0.15) is 0 Å². The number of piperazine rings is 1. The number of benzene rings is 2. The number of unbranched alkanes of at least 4 members (excludes halogenated alkanes) is 1. The van der Waals surface area contributed by atoms with Gasteiger partial charge in [0, 0.05) is 54.6 Å². The molecule has 1 aliphatic rings. The summed E-state index contributed by atoms with van der Waals surface area (Å²) in [7, 11) is 0.